The first kappa shape index (κ1) is 10.7. The molecule has 0 fully saturated rings. The molecule has 1 aromatic carbocycles. The number of nitrogens with zero attached hydrogens (tertiary/aromatic N) is 1. The van der Waals surface area contributed by atoms with Crippen LogP contribution in [0.3, 0.4) is 0 Å². The molecule has 0 saturated carbocycles. The van der Waals surface area contributed by atoms with Gasteiger partial charge in [-0.1, -0.05) is 18.1 Å². The summed E-state index contributed by atoms with van der Waals surface area (Å²) in [6.45, 7) is 3.43. The lowest BCUT2D eigenvalue weighted by Crippen LogP contribution is -2.12. The van der Waals surface area contributed by atoms with Gasteiger partial charge in [0.2, 0.25) is 0 Å². The third-order valence-electron chi connectivity index (χ3n) is 2.39. The van der Waals surface area contributed by atoms with Crippen molar-refractivity contribution in [3.05, 3.63) is 42.1 Å². The molecule has 0 atom stereocenters. The Morgan fingerprint density at radius 2 is 2.25 bits per heavy atom. The Morgan fingerprint density at radius 3 is 3.12 bits per heavy atom. The zero-order chi connectivity index (χ0) is 11.2. The normalized spacial score (nSPS) is 9.81. The molecule has 0 spiro atoms. The summed E-state index contributed by atoms with van der Waals surface area (Å²) < 4.78 is 0. The van der Waals surface area contributed by atoms with E-state index in [9.17, 15) is 0 Å². The Hall–Kier alpha value is -1.85. The van der Waals surface area contributed by atoms with Crippen LogP contribution in [0.25, 0.3) is 10.9 Å². The van der Waals surface area contributed by atoms with E-state index in [1.165, 1.54) is 10.9 Å². The number of benzene rings is 1. The van der Waals surface area contributed by atoms with Gasteiger partial charge in [-0.2, -0.15) is 0 Å². The molecular weight excluding hydrogens is 196 g/mol. The summed E-state index contributed by atoms with van der Waals surface area (Å²) in [5.74, 6) is 5.84. The van der Waals surface area contributed by atoms with Crippen molar-refractivity contribution < 1.29 is 0 Å². The van der Waals surface area contributed by atoms with Crippen molar-refractivity contribution in [2.75, 3.05) is 6.54 Å². The first-order valence-electron chi connectivity index (χ1n) is 5.34. The van der Waals surface area contributed by atoms with Crippen molar-refractivity contribution in [3.8, 4) is 11.8 Å². The van der Waals surface area contributed by atoms with Crippen LogP contribution in [-0.4, -0.2) is 11.5 Å². The number of pyridine rings is 1. The first-order valence-corrected chi connectivity index (χ1v) is 5.34. The minimum absolute atomic E-state index is 0.738. The smallest absolute Gasteiger partial charge is 0.0702 e. The van der Waals surface area contributed by atoms with Gasteiger partial charge in [0.15, 0.2) is 0 Å². The number of hydrogen-bond acceptors (Lipinski definition) is 2. The van der Waals surface area contributed by atoms with Gasteiger partial charge in [0.1, 0.15) is 0 Å². The van der Waals surface area contributed by atoms with Crippen molar-refractivity contribution in [2.24, 2.45) is 0 Å². The molecule has 0 radical (unpaired) electrons. The average Bonchev–Trinajstić information content (AvgIpc) is 2.34. The van der Waals surface area contributed by atoms with Gasteiger partial charge in [-0.3, -0.25) is 4.98 Å². The number of aromatic nitrogens is 1. The first-order chi connectivity index (χ1) is 7.90. The van der Waals surface area contributed by atoms with E-state index in [0.717, 1.165) is 18.6 Å². The monoisotopic (exact) mass is 210 g/mol. The molecule has 0 aliphatic rings. The van der Waals surface area contributed by atoms with Gasteiger partial charge < -0.3 is 5.32 Å². The van der Waals surface area contributed by atoms with Gasteiger partial charge in [0.05, 0.1) is 12.1 Å². The van der Waals surface area contributed by atoms with Crippen molar-refractivity contribution in [2.45, 2.75) is 13.5 Å². The van der Waals surface area contributed by atoms with E-state index < -0.39 is 0 Å². The van der Waals surface area contributed by atoms with Crippen molar-refractivity contribution in [3.63, 3.8) is 0 Å². The highest BCUT2D eigenvalue weighted by molar-refractivity contribution is 5.78. The molecule has 80 valence electrons. The van der Waals surface area contributed by atoms with Gasteiger partial charge in [0.25, 0.3) is 0 Å². The van der Waals surface area contributed by atoms with E-state index in [-0.39, 0.29) is 0 Å². The second-order valence-electron chi connectivity index (χ2n) is 3.56. The van der Waals surface area contributed by atoms with Crippen LogP contribution in [0.4, 0.5) is 0 Å². The molecule has 0 aliphatic carbocycles. The summed E-state index contributed by atoms with van der Waals surface area (Å²) in [5, 5.41) is 4.46. The number of rotatable bonds is 3. The highest BCUT2D eigenvalue weighted by Gasteiger charge is 1.95. The molecule has 16 heavy (non-hydrogen) atoms. The molecule has 1 heterocycles. The van der Waals surface area contributed by atoms with Crippen molar-refractivity contribution in [1.29, 1.82) is 0 Å². The fourth-order valence-electron chi connectivity index (χ4n) is 1.59. The summed E-state index contributed by atoms with van der Waals surface area (Å²) >= 11 is 0. The lowest BCUT2D eigenvalue weighted by molar-refractivity contribution is 0.771. The number of nitrogens with one attached hydrogen (secondary N) is 1. The Bertz CT molecular complexity index is 535. The van der Waals surface area contributed by atoms with E-state index in [2.05, 4.69) is 46.4 Å². The fraction of sp³-hybridized carbons (Fsp3) is 0.214. The topological polar surface area (TPSA) is 24.9 Å². The largest absolute Gasteiger partial charge is 0.302 e. The molecule has 1 N–H and O–H groups in total. The molecule has 1 aromatic heterocycles. The average molecular weight is 210 g/mol. The molecule has 0 unspecified atom stereocenters. The summed E-state index contributed by atoms with van der Waals surface area (Å²) in [6, 6.07) is 10.4. The standard InChI is InChI=1S/C14H14N2/c1-2-3-8-15-11-12-6-7-14-13(10-12)5-4-9-16-14/h4-7,9-10,15H,8,11H2,1H3. The Morgan fingerprint density at radius 1 is 1.31 bits per heavy atom. The third-order valence-corrected chi connectivity index (χ3v) is 2.39. The van der Waals surface area contributed by atoms with Crippen molar-refractivity contribution >= 4 is 10.9 Å². The zero-order valence-corrected chi connectivity index (χ0v) is 9.33. The fourth-order valence-corrected chi connectivity index (χ4v) is 1.59. The van der Waals surface area contributed by atoms with E-state index in [1.54, 1.807) is 0 Å². The van der Waals surface area contributed by atoms with Gasteiger partial charge >= 0.3 is 0 Å². The van der Waals surface area contributed by atoms with E-state index in [0.29, 0.717) is 0 Å². The van der Waals surface area contributed by atoms with Crippen LogP contribution in [0, 0.1) is 11.8 Å². The summed E-state index contributed by atoms with van der Waals surface area (Å²) in [6.07, 6.45) is 1.82. The molecule has 2 aromatic rings. The minimum Gasteiger partial charge on any atom is -0.302 e. The van der Waals surface area contributed by atoms with Crippen LogP contribution in [0.5, 0.6) is 0 Å². The second kappa shape index (κ2) is 5.29. The molecule has 0 amide bonds. The maximum Gasteiger partial charge on any atom is 0.0702 e. The molecule has 0 aliphatic heterocycles. The molecule has 2 rings (SSSR count). The Balaban J connectivity index is 2.09. The predicted molar refractivity (Wildman–Crippen MR) is 66.9 cm³/mol. The predicted octanol–water partition coefficient (Wildman–Crippen LogP) is 2.35. The Labute approximate surface area is 95.7 Å². The van der Waals surface area contributed by atoms with Crippen LogP contribution >= 0.6 is 0 Å². The summed E-state index contributed by atoms with van der Waals surface area (Å²) in [7, 11) is 0. The molecule has 2 heteroatoms. The van der Waals surface area contributed by atoms with Crippen molar-refractivity contribution in [1.82, 2.24) is 10.3 Å². The van der Waals surface area contributed by atoms with E-state index in [4.69, 9.17) is 0 Å². The van der Waals surface area contributed by atoms with Gasteiger partial charge in [-0.05, 0) is 30.7 Å². The quantitative estimate of drug-likeness (QED) is 0.621. The van der Waals surface area contributed by atoms with Crippen LogP contribution in [0.1, 0.15) is 12.5 Å². The van der Waals surface area contributed by atoms with E-state index in [1.807, 2.05) is 19.2 Å². The lowest BCUT2D eigenvalue weighted by Gasteiger charge is -2.03. The maximum atomic E-state index is 4.29. The highest BCUT2D eigenvalue weighted by Crippen LogP contribution is 2.12. The zero-order valence-electron chi connectivity index (χ0n) is 9.33. The lowest BCUT2D eigenvalue weighted by atomic mass is 10.1. The molecule has 0 saturated heterocycles. The molecule has 2 nitrogen and oxygen atoms in total. The Kier molecular flexibility index (Phi) is 3.53. The van der Waals surface area contributed by atoms with Crippen LogP contribution < -0.4 is 5.32 Å². The van der Waals surface area contributed by atoms with Crippen LogP contribution in [0.15, 0.2) is 36.5 Å². The number of hydrogen-bond donors (Lipinski definition) is 1. The molecule has 0 bridgehead atoms. The van der Waals surface area contributed by atoms with Crippen LogP contribution in [-0.2, 0) is 6.54 Å². The van der Waals surface area contributed by atoms with E-state index >= 15 is 0 Å². The van der Waals surface area contributed by atoms with Gasteiger partial charge in [0, 0.05) is 18.1 Å². The maximum absolute atomic E-state index is 4.29. The van der Waals surface area contributed by atoms with Crippen LogP contribution in [0.2, 0.25) is 0 Å². The number of fused-ring (bicyclic) bond motifs is 1. The summed E-state index contributed by atoms with van der Waals surface area (Å²) in [4.78, 5) is 4.29. The SMILES string of the molecule is CC#CCNCc1ccc2ncccc2c1. The molecular formula is C14H14N2. The third kappa shape index (κ3) is 2.59. The second-order valence-corrected chi connectivity index (χ2v) is 3.56. The van der Waals surface area contributed by atoms with Gasteiger partial charge in [-0.25, -0.2) is 0 Å². The highest BCUT2D eigenvalue weighted by atomic mass is 14.8. The minimum atomic E-state index is 0.738. The summed E-state index contributed by atoms with van der Waals surface area (Å²) in [5.41, 5.74) is 2.30. The van der Waals surface area contributed by atoms with Gasteiger partial charge in [-0.15, -0.1) is 5.92 Å².